The van der Waals surface area contributed by atoms with Crippen LogP contribution in [0, 0.1) is 0 Å². The number of carbonyl (C=O) groups is 1. The van der Waals surface area contributed by atoms with E-state index in [0.717, 1.165) is 23.3 Å². The number of amides is 1. The van der Waals surface area contributed by atoms with E-state index in [2.05, 4.69) is 32.5 Å². The highest BCUT2D eigenvalue weighted by Crippen LogP contribution is 2.06. The number of halogens is 1. The van der Waals surface area contributed by atoms with Crippen LogP contribution in [-0.4, -0.2) is 29.4 Å². The van der Waals surface area contributed by atoms with E-state index in [9.17, 15) is 4.79 Å². The van der Waals surface area contributed by atoms with Crippen molar-refractivity contribution in [1.29, 1.82) is 0 Å². The summed E-state index contributed by atoms with van der Waals surface area (Å²) < 4.78 is 0.737. The van der Waals surface area contributed by atoms with E-state index in [4.69, 9.17) is 0 Å². The molecule has 0 unspecified atom stereocenters. The zero-order valence-corrected chi connectivity index (χ0v) is 10.9. The summed E-state index contributed by atoms with van der Waals surface area (Å²) in [6, 6.07) is 3.51. The molecule has 0 saturated carbocycles. The topological polar surface area (TPSA) is 42.0 Å². The SMILES string of the molecule is CSCCCNC(=O)c1ccc(Br)nc1. The van der Waals surface area contributed by atoms with Crippen molar-refractivity contribution in [3.63, 3.8) is 0 Å². The smallest absolute Gasteiger partial charge is 0.252 e. The standard InChI is InChI=1S/C10H13BrN2OS/c1-15-6-2-5-12-10(14)8-3-4-9(11)13-7-8/h3-4,7H,2,5-6H2,1H3,(H,12,14). The van der Waals surface area contributed by atoms with Crippen LogP contribution in [0.1, 0.15) is 16.8 Å². The average Bonchev–Trinajstić information content (AvgIpc) is 2.25. The van der Waals surface area contributed by atoms with Crippen LogP contribution in [0.5, 0.6) is 0 Å². The number of pyridine rings is 1. The number of thioether (sulfide) groups is 1. The highest BCUT2D eigenvalue weighted by Gasteiger charge is 2.04. The number of nitrogens with one attached hydrogen (secondary N) is 1. The Morgan fingerprint density at radius 1 is 1.60 bits per heavy atom. The van der Waals surface area contributed by atoms with Gasteiger partial charge in [-0.15, -0.1) is 0 Å². The molecule has 0 aliphatic carbocycles. The molecule has 82 valence electrons. The number of rotatable bonds is 5. The lowest BCUT2D eigenvalue weighted by molar-refractivity contribution is 0.0953. The molecule has 0 saturated heterocycles. The molecule has 0 bridgehead atoms. The second-order valence-corrected chi connectivity index (χ2v) is 4.77. The summed E-state index contributed by atoms with van der Waals surface area (Å²) >= 11 is 5.00. The minimum absolute atomic E-state index is 0.0592. The second kappa shape index (κ2) is 6.85. The maximum Gasteiger partial charge on any atom is 0.252 e. The Kier molecular flexibility index (Phi) is 5.71. The molecule has 0 aliphatic rings. The molecule has 0 fully saturated rings. The van der Waals surface area contributed by atoms with Crippen LogP contribution in [0.25, 0.3) is 0 Å². The fourth-order valence-corrected chi connectivity index (χ4v) is 1.70. The third kappa shape index (κ3) is 4.66. The van der Waals surface area contributed by atoms with Gasteiger partial charge in [0.1, 0.15) is 4.60 Å². The summed E-state index contributed by atoms with van der Waals surface area (Å²) in [7, 11) is 0. The molecule has 0 atom stereocenters. The zero-order chi connectivity index (χ0) is 11.1. The highest BCUT2D eigenvalue weighted by atomic mass is 79.9. The molecule has 1 amide bonds. The van der Waals surface area contributed by atoms with Crippen LogP contribution in [0.2, 0.25) is 0 Å². The third-order valence-corrected chi connectivity index (χ3v) is 2.97. The van der Waals surface area contributed by atoms with Crippen molar-refractivity contribution in [3.8, 4) is 0 Å². The van der Waals surface area contributed by atoms with Gasteiger partial charge in [-0.3, -0.25) is 4.79 Å². The fraction of sp³-hybridized carbons (Fsp3) is 0.400. The molecule has 0 radical (unpaired) electrons. The molecular weight excluding hydrogens is 276 g/mol. The molecule has 5 heteroatoms. The van der Waals surface area contributed by atoms with E-state index >= 15 is 0 Å². The summed E-state index contributed by atoms with van der Waals surface area (Å²) in [5.41, 5.74) is 0.599. The van der Waals surface area contributed by atoms with Crippen LogP contribution in [0.4, 0.5) is 0 Å². The Morgan fingerprint density at radius 3 is 3.00 bits per heavy atom. The summed E-state index contributed by atoms with van der Waals surface area (Å²) in [6.07, 6.45) is 4.62. The summed E-state index contributed by atoms with van der Waals surface area (Å²) in [5.74, 6) is 1.01. The van der Waals surface area contributed by atoms with Crippen molar-refractivity contribution in [2.75, 3.05) is 18.6 Å². The van der Waals surface area contributed by atoms with Crippen molar-refractivity contribution < 1.29 is 4.79 Å². The first-order chi connectivity index (χ1) is 7.24. The van der Waals surface area contributed by atoms with Crippen LogP contribution in [0.15, 0.2) is 22.9 Å². The van der Waals surface area contributed by atoms with Gasteiger partial charge >= 0.3 is 0 Å². The van der Waals surface area contributed by atoms with Gasteiger partial charge in [0.15, 0.2) is 0 Å². The quantitative estimate of drug-likeness (QED) is 0.668. The first kappa shape index (κ1) is 12.5. The molecule has 1 aromatic rings. The zero-order valence-electron chi connectivity index (χ0n) is 8.50. The molecule has 0 spiro atoms. The Balaban J connectivity index is 2.37. The van der Waals surface area contributed by atoms with Crippen molar-refractivity contribution in [2.24, 2.45) is 0 Å². The molecule has 3 nitrogen and oxygen atoms in total. The molecular formula is C10H13BrN2OS. The monoisotopic (exact) mass is 288 g/mol. The van der Waals surface area contributed by atoms with Gasteiger partial charge < -0.3 is 5.32 Å². The maximum absolute atomic E-state index is 11.5. The third-order valence-electron chi connectivity index (χ3n) is 1.80. The minimum atomic E-state index is -0.0592. The predicted octanol–water partition coefficient (Wildman–Crippen LogP) is 2.33. The lowest BCUT2D eigenvalue weighted by atomic mass is 10.2. The van der Waals surface area contributed by atoms with E-state index in [-0.39, 0.29) is 5.91 Å². The van der Waals surface area contributed by atoms with Gasteiger partial charge in [-0.05, 0) is 46.5 Å². The highest BCUT2D eigenvalue weighted by molar-refractivity contribution is 9.10. The Bertz CT molecular complexity index is 316. The molecule has 0 aromatic carbocycles. The van der Waals surface area contributed by atoms with Gasteiger partial charge in [0.25, 0.3) is 5.91 Å². The Morgan fingerprint density at radius 2 is 2.40 bits per heavy atom. The van der Waals surface area contributed by atoms with Gasteiger partial charge in [-0.2, -0.15) is 11.8 Å². The lowest BCUT2D eigenvalue weighted by Gasteiger charge is -2.03. The van der Waals surface area contributed by atoms with Gasteiger partial charge in [0, 0.05) is 12.7 Å². The number of carbonyl (C=O) groups excluding carboxylic acids is 1. The predicted molar refractivity (Wildman–Crippen MR) is 67.3 cm³/mol. The number of nitrogens with zero attached hydrogens (tertiary/aromatic N) is 1. The molecule has 1 aromatic heterocycles. The molecule has 1 rings (SSSR count). The number of hydrogen-bond acceptors (Lipinski definition) is 3. The first-order valence-electron chi connectivity index (χ1n) is 4.62. The van der Waals surface area contributed by atoms with E-state index in [0.29, 0.717) is 5.56 Å². The van der Waals surface area contributed by atoms with Crippen molar-refractivity contribution in [1.82, 2.24) is 10.3 Å². The molecule has 15 heavy (non-hydrogen) atoms. The molecule has 0 aliphatic heterocycles. The second-order valence-electron chi connectivity index (χ2n) is 2.97. The average molecular weight is 289 g/mol. The van der Waals surface area contributed by atoms with Crippen molar-refractivity contribution in [3.05, 3.63) is 28.5 Å². The Labute approximate surface area is 102 Å². The van der Waals surface area contributed by atoms with Crippen LogP contribution in [-0.2, 0) is 0 Å². The normalized spacial score (nSPS) is 10.0. The van der Waals surface area contributed by atoms with Crippen LogP contribution >= 0.6 is 27.7 Å². The lowest BCUT2D eigenvalue weighted by Crippen LogP contribution is -2.24. The number of hydrogen-bond donors (Lipinski definition) is 1. The van der Waals surface area contributed by atoms with E-state index in [1.807, 2.05) is 0 Å². The van der Waals surface area contributed by atoms with Crippen LogP contribution in [0.3, 0.4) is 0 Å². The van der Waals surface area contributed by atoms with Gasteiger partial charge in [0.05, 0.1) is 5.56 Å². The first-order valence-corrected chi connectivity index (χ1v) is 6.81. The van der Waals surface area contributed by atoms with Gasteiger partial charge in [-0.1, -0.05) is 0 Å². The van der Waals surface area contributed by atoms with Gasteiger partial charge in [0.2, 0.25) is 0 Å². The molecule has 1 N–H and O–H groups in total. The molecule has 1 heterocycles. The summed E-state index contributed by atoms with van der Waals surface area (Å²) in [4.78, 5) is 15.5. The van der Waals surface area contributed by atoms with Crippen molar-refractivity contribution >= 4 is 33.6 Å². The van der Waals surface area contributed by atoms with E-state index in [1.165, 1.54) is 0 Å². The summed E-state index contributed by atoms with van der Waals surface area (Å²) in [5, 5.41) is 2.85. The summed E-state index contributed by atoms with van der Waals surface area (Å²) in [6.45, 7) is 0.718. The van der Waals surface area contributed by atoms with E-state index in [1.54, 1.807) is 30.1 Å². The largest absolute Gasteiger partial charge is 0.352 e. The van der Waals surface area contributed by atoms with Crippen LogP contribution < -0.4 is 5.32 Å². The fourth-order valence-electron chi connectivity index (χ4n) is 1.03. The van der Waals surface area contributed by atoms with Gasteiger partial charge in [-0.25, -0.2) is 4.98 Å². The van der Waals surface area contributed by atoms with Crippen molar-refractivity contribution in [2.45, 2.75) is 6.42 Å². The minimum Gasteiger partial charge on any atom is -0.352 e. The Hall–Kier alpha value is -0.550. The number of aromatic nitrogens is 1. The maximum atomic E-state index is 11.5. The van der Waals surface area contributed by atoms with E-state index < -0.39 is 0 Å².